The molecule has 0 heterocycles. The highest BCUT2D eigenvalue weighted by atomic mass is 19.1. The van der Waals surface area contributed by atoms with Gasteiger partial charge in [-0.1, -0.05) is 26.0 Å². The van der Waals surface area contributed by atoms with Gasteiger partial charge in [0.1, 0.15) is 5.82 Å². The summed E-state index contributed by atoms with van der Waals surface area (Å²) in [6, 6.07) is 4.50. The molecule has 0 bridgehead atoms. The summed E-state index contributed by atoms with van der Waals surface area (Å²) in [4.78, 5) is 0. The number of nitrogens with one attached hydrogen (secondary N) is 1. The molecule has 1 aromatic rings. The molecule has 0 aliphatic rings. The van der Waals surface area contributed by atoms with Gasteiger partial charge in [0.15, 0.2) is 0 Å². The Kier molecular flexibility index (Phi) is 5.63. The second kappa shape index (κ2) is 6.75. The molecular formula is C15H24FN. The van der Waals surface area contributed by atoms with Gasteiger partial charge in [0, 0.05) is 6.04 Å². The molecule has 0 fully saturated rings. The maximum Gasteiger partial charge on any atom is 0.129 e. The van der Waals surface area contributed by atoms with Crippen LogP contribution >= 0.6 is 0 Å². The predicted molar refractivity (Wildman–Crippen MR) is 72.0 cm³/mol. The Morgan fingerprint density at radius 2 is 1.71 bits per heavy atom. The molecule has 0 aliphatic heterocycles. The van der Waals surface area contributed by atoms with E-state index in [-0.39, 0.29) is 5.82 Å². The molecule has 0 atom stereocenters. The van der Waals surface area contributed by atoms with Crippen molar-refractivity contribution in [2.45, 2.75) is 53.0 Å². The first-order valence-corrected chi connectivity index (χ1v) is 6.49. The van der Waals surface area contributed by atoms with Crippen molar-refractivity contribution in [3.8, 4) is 0 Å². The molecule has 1 rings (SSSR count). The maximum absolute atomic E-state index is 13.4. The Bertz CT molecular complexity index is 335. The fourth-order valence-corrected chi connectivity index (χ4v) is 2.02. The number of halogens is 1. The van der Waals surface area contributed by atoms with Crippen molar-refractivity contribution >= 4 is 0 Å². The quantitative estimate of drug-likeness (QED) is 0.743. The Labute approximate surface area is 104 Å². The lowest BCUT2D eigenvalue weighted by Crippen LogP contribution is -2.23. The van der Waals surface area contributed by atoms with Gasteiger partial charge in [-0.25, -0.2) is 4.39 Å². The topological polar surface area (TPSA) is 12.0 Å². The summed E-state index contributed by atoms with van der Waals surface area (Å²) >= 11 is 0. The Balaban J connectivity index is 2.37. The highest BCUT2D eigenvalue weighted by Crippen LogP contribution is 2.16. The van der Waals surface area contributed by atoms with E-state index in [4.69, 9.17) is 0 Å². The third kappa shape index (κ3) is 4.86. The zero-order valence-electron chi connectivity index (χ0n) is 11.4. The number of hydrogen-bond acceptors (Lipinski definition) is 1. The van der Waals surface area contributed by atoms with Gasteiger partial charge in [-0.05, 0) is 56.3 Å². The molecule has 1 nitrogen and oxygen atoms in total. The molecular weight excluding hydrogens is 213 g/mol. The van der Waals surface area contributed by atoms with Crippen molar-refractivity contribution in [1.82, 2.24) is 5.32 Å². The Morgan fingerprint density at radius 1 is 1.12 bits per heavy atom. The van der Waals surface area contributed by atoms with E-state index in [1.807, 2.05) is 26.0 Å². The standard InChI is InChI=1S/C15H24FN/c1-11(2)17-8-6-5-7-14-9-12(3)15(16)13(4)10-14/h9-11,17H,5-8H2,1-4H3. The van der Waals surface area contributed by atoms with Gasteiger partial charge >= 0.3 is 0 Å². The highest BCUT2D eigenvalue weighted by Gasteiger charge is 2.04. The minimum atomic E-state index is -0.0600. The first-order valence-electron chi connectivity index (χ1n) is 6.49. The van der Waals surface area contributed by atoms with Crippen LogP contribution in [0.1, 0.15) is 43.4 Å². The molecule has 1 aromatic carbocycles. The van der Waals surface area contributed by atoms with E-state index in [1.54, 1.807) is 0 Å². The first-order chi connectivity index (χ1) is 8.00. The van der Waals surface area contributed by atoms with Crippen molar-refractivity contribution < 1.29 is 4.39 Å². The minimum absolute atomic E-state index is 0.0600. The van der Waals surface area contributed by atoms with Crippen LogP contribution in [0.15, 0.2) is 12.1 Å². The number of rotatable bonds is 6. The maximum atomic E-state index is 13.4. The summed E-state index contributed by atoms with van der Waals surface area (Å²) in [5.41, 5.74) is 2.78. The van der Waals surface area contributed by atoms with Gasteiger partial charge < -0.3 is 5.32 Å². The normalized spacial score (nSPS) is 11.2. The van der Waals surface area contributed by atoms with E-state index >= 15 is 0 Å². The van der Waals surface area contributed by atoms with E-state index in [0.29, 0.717) is 6.04 Å². The van der Waals surface area contributed by atoms with Gasteiger partial charge in [0.05, 0.1) is 0 Å². The molecule has 0 aromatic heterocycles. The molecule has 0 amide bonds. The largest absolute Gasteiger partial charge is 0.315 e. The molecule has 0 saturated heterocycles. The molecule has 0 saturated carbocycles. The van der Waals surface area contributed by atoms with E-state index < -0.39 is 0 Å². The monoisotopic (exact) mass is 237 g/mol. The summed E-state index contributed by atoms with van der Waals surface area (Å²) in [6.45, 7) is 9.06. The van der Waals surface area contributed by atoms with E-state index in [0.717, 1.165) is 30.5 Å². The number of unbranched alkanes of at least 4 members (excludes halogenated alkanes) is 1. The third-order valence-corrected chi connectivity index (χ3v) is 2.94. The lowest BCUT2D eigenvalue weighted by molar-refractivity contribution is 0.557. The fourth-order valence-electron chi connectivity index (χ4n) is 2.02. The van der Waals surface area contributed by atoms with E-state index in [9.17, 15) is 4.39 Å². The molecule has 0 radical (unpaired) electrons. The highest BCUT2D eigenvalue weighted by molar-refractivity contribution is 5.30. The van der Waals surface area contributed by atoms with E-state index in [2.05, 4.69) is 19.2 Å². The van der Waals surface area contributed by atoms with Crippen LogP contribution in [0.4, 0.5) is 4.39 Å². The van der Waals surface area contributed by atoms with Crippen LogP contribution in [0, 0.1) is 19.7 Å². The van der Waals surface area contributed by atoms with Crippen molar-refractivity contribution in [3.05, 3.63) is 34.6 Å². The molecule has 0 unspecified atom stereocenters. The zero-order valence-corrected chi connectivity index (χ0v) is 11.4. The summed E-state index contributed by atoms with van der Waals surface area (Å²) in [5, 5.41) is 3.40. The number of benzene rings is 1. The number of hydrogen-bond donors (Lipinski definition) is 1. The average molecular weight is 237 g/mol. The van der Waals surface area contributed by atoms with Crippen molar-refractivity contribution in [3.63, 3.8) is 0 Å². The van der Waals surface area contributed by atoms with Crippen LogP contribution in [0.5, 0.6) is 0 Å². The summed E-state index contributed by atoms with van der Waals surface area (Å²) in [6.07, 6.45) is 3.37. The van der Waals surface area contributed by atoms with E-state index in [1.165, 1.54) is 12.0 Å². The molecule has 0 spiro atoms. The second-order valence-electron chi connectivity index (χ2n) is 5.11. The Morgan fingerprint density at radius 3 is 2.24 bits per heavy atom. The Hall–Kier alpha value is -0.890. The lowest BCUT2D eigenvalue weighted by atomic mass is 10.0. The van der Waals surface area contributed by atoms with Gasteiger partial charge in [-0.15, -0.1) is 0 Å². The summed E-state index contributed by atoms with van der Waals surface area (Å²) in [7, 11) is 0. The van der Waals surface area contributed by atoms with Crippen LogP contribution < -0.4 is 5.32 Å². The average Bonchev–Trinajstić information content (AvgIpc) is 2.25. The third-order valence-electron chi connectivity index (χ3n) is 2.94. The van der Waals surface area contributed by atoms with Crippen LogP contribution in [0.2, 0.25) is 0 Å². The summed E-state index contributed by atoms with van der Waals surface area (Å²) in [5.74, 6) is -0.0600. The minimum Gasteiger partial charge on any atom is -0.315 e. The molecule has 0 aliphatic carbocycles. The van der Waals surface area contributed by atoms with Gasteiger partial charge in [0.2, 0.25) is 0 Å². The predicted octanol–water partition coefficient (Wildman–Crippen LogP) is 3.76. The number of aryl methyl sites for hydroxylation is 3. The van der Waals surface area contributed by atoms with Gasteiger partial charge in [-0.3, -0.25) is 0 Å². The second-order valence-corrected chi connectivity index (χ2v) is 5.11. The molecule has 17 heavy (non-hydrogen) atoms. The van der Waals surface area contributed by atoms with Crippen LogP contribution in [0.25, 0.3) is 0 Å². The molecule has 96 valence electrons. The zero-order chi connectivity index (χ0) is 12.8. The van der Waals surface area contributed by atoms with Crippen LogP contribution in [0.3, 0.4) is 0 Å². The van der Waals surface area contributed by atoms with Gasteiger partial charge in [0.25, 0.3) is 0 Å². The van der Waals surface area contributed by atoms with Crippen molar-refractivity contribution in [2.75, 3.05) is 6.54 Å². The van der Waals surface area contributed by atoms with Crippen molar-refractivity contribution in [1.29, 1.82) is 0 Å². The smallest absolute Gasteiger partial charge is 0.129 e. The van der Waals surface area contributed by atoms with Crippen LogP contribution in [-0.4, -0.2) is 12.6 Å². The van der Waals surface area contributed by atoms with Crippen LogP contribution in [-0.2, 0) is 6.42 Å². The van der Waals surface area contributed by atoms with Gasteiger partial charge in [-0.2, -0.15) is 0 Å². The summed E-state index contributed by atoms with van der Waals surface area (Å²) < 4.78 is 13.4. The molecule has 2 heteroatoms. The first kappa shape index (κ1) is 14.2. The molecule has 1 N–H and O–H groups in total. The van der Waals surface area contributed by atoms with Crippen molar-refractivity contribution in [2.24, 2.45) is 0 Å². The fraction of sp³-hybridized carbons (Fsp3) is 0.600. The lowest BCUT2D eigenvalue weighted by Gasteiger charge is -2.09. The SMILES string of the molecule is Cc1cc(CCCCNC(C)C)cc(C)c1F.